The van der Waals surface area contributed by atoms with E-state index in [0.717, 1.165) is 10.0 Å². The van der Waals surface area contributed by atoms with Gasteiger partial charge in [-0.25, -0.2) is 0 Å². The summed E-state index contributed by atoms with van der Waals surface area (Å²) < 4.78 is 6.01. The fraction of sp³-hybridized carbons (Fsp3) is 0.111. The van der Waals surface area contributed by atoms with E-state index in [0.29, 0.717) is 12.6 Å². The Kier molecular flexibility index (Phi) is 2.86. The molecule has 1 heterocycles. The Hall–Kier alpha value is -1.56. The highest BCUT2D eigenvalue weighted by Crippen LogP contribution is 2.17. The number of aromatic nitrogens is 2. The molecule has 15 heavy (non-hydrogen) atoms. The van der Waals surface area contributed by atoms with E-state index in [1.54, 1.807) is 0 Å². The van der Waals surface area contributed by atoms with Gasteiger partial charge in [-0.15, -0.1) is 0 Å². The van der Waals surface area contributed by atoms with E-state index in [4.69, 9.17) is 10.2 Å². The van der Waals surface area contributed by atoms with Gasteiger partial charge in [0.2, 0.25) is 0 Å². The number of rotatable bonds is 3. The number of hydrogen-bond acceptors (Lipinski definition) is 5. The summed E-state index contributed by atoms with van der Waals surface area (Å²) in [6.07, 6.45) is 0. The SMILES string of the molecule is Nc1nnc(NCc2ccccc2Br)o1. The van der Waals surface area contributed by atoms with Gasteiger partial charge in [0.1, 0.15) is 0 Å². The van der Waals surface area contributed by atoms with Crippen molar-refractivity contribution in [2.24, 2.45) is 0 Å². The summed E-state index contributed by atoms with van der Waals surface area (Å²) >= 11 is 3.44. The van der Waals surface area contributed by atoms with Crippen LogP contribution in [0.25, 0.3) is 0 Å². The molecule has 3 N–H and O–H groups in total. The average molecular weight is 269 g/mol. The van der Waals surface area contributed by atoms with Crippen LogP contribution < -0.4 is 11.1 Å². The molecule has 2 rings (SSSR count). The molecule has 0 atom stereocenters. The normalized spacial score (nSPS) is 10.2. The lowest BCUT2D eigenvalue weighted by molar-refractivity contribution is 0.586. The Balaban J connectivity index is 2.02. The predicted octanol–water partition coefficient (Wildman–Crippen LogP) is 2.03. The number of nitrogens with two attached hydrogens (primary N) is 1. The lowest BCUT2D eigenvalue weighted by Gasteiger charge is -2.03. The first-order valence-electron chi connectivity index (χ1n) is 4.32. The molecule has 0 unspecified atom stereocenters. The van der Waals surface area contributed by atoms with Crippen LogP contribution in [-0.2, 0) is 6.54 Å². The number of nitrogen functional groups attached to an aromatic ring is 1. The number of hydrogen-bond donors (Lipinski definition) is 2. The number of halogens is 1. The van der Waals surface area contributed by atoms with Gasteiger partial charge in [-0.1, -0.05) is 44.3 Å². The Labute approximate surface area is 94.8 Å². The Morgan fingerprint density at radius 2 is 2.13 bits per heavy atom. The summed E-state index contributed by atoms with van der Waals surface area (Å²) in [6, 6.07) is 8.27. The number of anilines is 2. The van der Waals surface area contributed by atoms with Crippen molar-refractivity contribution in [3.05, 3.63) is 34.3 Å². The predicted molar refractivity (Wildman–Crippen MR) is 60.2 cm³/mol. The first-order valence-corrected chi connectivity index (χ1v) is 5.11. The monoisotopic (exact) mass is 268 g/mol. The van der Waals surface area contributed by atoms with Crippen LogP contribution in [-0.4, -0.2) is 10.2 Å². The van der Waals surface area contributed by atoms with Gasteiger partial charge < -0.3 is 15.5 Å². The number of nitrogens with zero attached hydrogens (tertiary/aromatic N) is 2. The average Bonchev–Trinajstić information content (AvgIpc) is 2.63. The minimum absolute atomic E-state index is 0.0598. The molecule has 0 amide bonds. The summed E-state index contributed by atoms with van der Waals surface area (Å²) in [6.45, 7) is 0.600. The lowest BCUT2D eigenvalue weighted by atomic mass is 10.2. The Bertz CT molecular complexity index is 457. The van der Waals surface area contributed by atoms with Crippen molar-refractivity contribution in [3.8, 4) is 0 Å². The third-order valence-corrected chi connectivity index (χ3v) is 2.60. The Morgan fingerprint density at radius 3 is 2.80 bits per heavy atom. The third-order valence-electron chi connectivity index (χ3n) is 1.83. The van der Waals surface area contributed by atoms with E-state index in [-0.39, 0.29) is 6.01 Å². The molecule has 0 aliphatic carbocycles. The minimum atomic E-state index is 0.0598. The highest BCUT2D eigenvalue weighted by atomic mass is 79.9. The van der Waals surface area contributed by atoms with Gasteiger partial charge in [-0.2, -0.15) is 0 Å². The summed E-state index contributed by atoms with van der Waals surface area (Å²) in [5, 5.41) is 10.2. The highest BCUT2D eigenvalue weighted by Gasteiger charge is 2.03. The Morgan fingerprint density at radius 1 is 1.33 bits per heavy atom. The van der Waals surface area contributed by atoms with Gasteiger partial charge in [-0.3, -0.25) is 0 Å². The van der Waals surface area contributed by atoms with Crippen molar-refractivity contribution in [3.63, 3.8) is 0 Å². The van der Waals surface area contributed by atoms with E-state index in [9.17, 15) is 0 Å². The minimum Gasteiger partial charge on any atom is -0.390 e. The zero-order valence-corrected chi connectivity index (χ0v) is 9.36. The van der Waals surface area contributed by atoms with Gasteiger partial charge in [-0.05, 0) is 11.6 Å². The number of benzene rings is 1. The van der Waals surface area contributed by atoms with E-state index >= 15 is 0 Å². The van der Waals surface area contributed by atoms with Gasteiger partial charge in [0.15, 0.2) is 0 Å². The van der Waals surface area contributed by atoms with Crippen molar-refractivity contribution in [1.29, 1.82) is 0 Å². The van der Waals surface area contributed by atoms with Crippen molar-refractivity contribution >= 4 is 28.0 Å². The molecule has 2 aromatic rings. The second-order valence-electron chi connectivity index (χ2n) is 2.89. The summed E-state index contributed by atoms with van der Waals surface area (Å²) in [7, 11) is 0. The van der Waals surface area contributed by atoms with Crippen LogP contribution in [0.15, 0.2) is 33.2 Å². The molecule has 0 spiro atoms. The van der Waals surface area contributed by atoms with E-state index in [1.165, 1.54) is 0 Å². The smallest absolute Gasteiger partial charge is 0.317 e. The van der Waals surface area contributed by atoms with Crippen LogP contribution in [0.2, 0.25) is 0 Å². The zero-order valence-electron chi connectivity index (χ0n) is 7.77. The molecule has 0 aliphatic heterocycles. The van der Waals surface area contributed by atoms with Crippen molar-refractivity contribution in [2.75, 3.05) is 11.1 Å². The lowest BCUT2D eigenvalue weighted by Crippen LogP contribution is -2.00. The third kappa shape index (κ3) is 2.47. The second-order valence-corrected chi connectivity index (χ2v) is 3.74. The van der Waals surface area contributed by atoms with E-state index < -0.39 is 0 Å². The molecule has 1 aromatic carbocycles. The first-order chi connectivity index (χ1) is 7.25. The zero-order chi connectivity index (χ0) is 10.7. The molecule has 0 bridgehead atoms. The molecule has 6 heteroatoms. The largest absolute Gasteiger partial charge is 0.390 e. The van der Waals surface area contributed by atoms with E-state index in [2.05, 4.69) is 31.4 Å². The van der Waals surface area contributed by atoms with Gasteiger partial charge >= 0.3 is 12.0 Å². The second kappa shape index (κ2) is 4.31. The van der Waals surface area contributed by atoms with Crippen molar-refractivity contribution in [1.82, 2.24) is 10.2 Å². The van der Waals surface area contributed by atoms with Crippen LogP contribution in [0.1, 0.15) is 5.56 Å². The van der Waals surface area contributed by atoms with Crippen LogP contribution >= 0.6 is 15.9 Å². The molecule has 78 valence electrons. The maximum Gasteiger partial charge on any atom is 0.317 e. The van der Waals surface area contributed by atoms with Gasteiger partial charge in [0.05, 0.1) is 0 Å². The maximum absolute atomic E-state index is 5.29. The van der Waals surface area contributed by atoms with Gasteiger partial charge in [0.25, 0.3) is 0 Å². The summed E-state index contributed by atoms with van der Waals surface area (Å²) in [5.41, 5.74) is 6.39. The molecule has 1 aromatic heterocycles. The fourth-order valence-electron chi connectivity index (χ4n) is 1.12. The standard InChI is InChI=1S/C9H9BrN4O/c10-7-4-2-1-3-6(7)5-12-9-14-13-8(11)15-9/h1-4H,5H2,(H2,11,13)(H,12,14). The topological polar surface area (TPSA) is 77.0 Å². The highest BCUT2D eigenvalue weighted by molar-refractivity contribution is 9.10. The fourth-order valence-corrected chi connectivity index (χ4v) is 1.54. The maximum atomic E-state index is 5.29. The van der Waals surface area contributed by atoms with Crippen LogP contribution in [0.5, 0.6) is 0 Å². The molecule has 0 fully saturated rings. The van der Waals surface area contributed by atoms with Crippen molar-refractivity contribution in [2.45, 2.75) is 6.54 Å². The van der Waals surface area contributed by atoms with Crippen LogP contribution in [0.4, 0.5) is 12.0 Å². The molecule has 0 saturated heterocycles. The molecular weight excluding hydrogens is 260 g/mol. The molecule has 0 saturated carbocycles. The summed E-state index contributed by atoms with van der Waals surface area (Å²) in [4.78, 5) is 0. The van der Waals surface area contributed by atoms with Crippen LogP contribution in [0, 0.1) is 0 Å². The molecule has 0 aliphatic rings. The summed E-state index contributed by atoms with van der Waals surface area (Å²) in [5.74, 6) is 0. The van der Waals surface area contributed by atoms with Gasteiger partial charge in [0, 0.05) is 11.0 Å². The van der Waals surface area contributed by atoms with Crippen LogP contribution in [0.3, 0.4) is 0 Å². The molecule has 0 radical (unpaired) electrons. The quantitative estimate of drug-likeness (QED) is 0.891. The molecular formula is C9H9BrN4O. The molecule has 5 nitrogen and oxygen atoms in total. The van der Waals surface area contributed by atoms with E-state index in [1.807, 2.05) is 24.3 Å². The van der Waals surface area contributed by atoms with Crippen molar-refractivity contribution < 1.29 is 4.42 Å². The first kappa shape index (κ1) is 9.97. The number of nitrogens with one attached hydrogen (secondary N) is 1.